The zero-order chi connectivity index (χ0) is 19.8. The minimum atomic E-state index is -0.460. The molecule has 0 saturated carbocycles. The van der Waals surface area contributed by atoms with Gasteiger partial charge in [0.15, 0.2) is 0 Å². The summed E-state index contributed by atoms with van der Waals surface area (Å²) in [7, 11) is 0. The highest BCUT2D eigenvalue weighted by Gasteiger charge is 2.28. The number of carbonyl (C=O) groups excluding carboxylic acids is 1. The number of halogens is 1. The third-order valence-electron chi connectivity index (χ3n) is 6.10. The number of hydrogen-bond donors (Lipinski definition) is 0. The lowest BCUT2D eigenvalue weighted by Crippen LogP contribution is -2.50. The number of aryl methyl sites for hydroxylation is 2. The predicted octanol–water partition coefficient (Wildman–Crippen LogP) is 4.36. The molecule has 0 unspecified atom stereocenters. The third-order valence-corrected chi connectivity index (χ3v) is 7.47. The van der Waals surface area contributed by atoms with Gasteiger partial charge in [-0.05, 0) is 44.6 Å². The van der Waals surface area contributed by atoms with Gasteiger partial charge in [-0.3, -0.25) is 4.79 Å². The number of thiophene rings is 1. The van der Waals surface area contributed by atoms with E-state index in [1.165, 1.54) is 35.1 Å². The lowest BCUT2D eigenvalue weighted by atomic mass is 9.96. The van der Waals surface area contributed by atoms with Gasteiger partial charge < -0.3 is 9.80 Å². The lowest BCUT2D eigenvalue weighted by molar-refractivity contribution is -0.130. The van der Waals surface area contributed by atoms with Crippen molar-refractivity contribution < 1.29 is 4.79 Å². The fourth-order valence-electron chi connectivity index (χ4n) is 4.18. The number of hydrogen-bond acceptors (Lipinski definition) is 5. The van der Waals surface area contributed by atoms with E-state index < -0.39 is 5.38 Å². The topological polar surface area (TPSA) is 49.3 Å². The second-order valence-corrected chi connectivity index (χ2v) is 9.77. The maximum Gasteiger partial charge on any atom is 0.240 e. The molecule has 5 nitrogen and oxygen atoms in total. The molecule has 0 radical (unpaired) electrons. The van der Waals surface area contributed by atoms with Crippen LogP contribution in [0.5, 0.6) is 0 Å². The van der Waals surface area contributed by atoms with Gasteiger partial charge in [-0.15, -0.1) is 22.9 Å². The molecule has 28 heavy (non-hydrogen) atoms. The Balaban J connectivity index is 1.71. The lowest BCUT2D eigenvalue weighted by Gasteiger charge is -2.36. The fraction of sp³-hybridized carbons (Fsp3) is 0.667. The van der Waals surface area contributed by atoms with Crippen molar-refractivity contribution in [3.63, 3.8) is 0 Å². The van der Waals surface area contributed by atoms with Crippen molar-refractivity contribution in [2.45, 2.75) is 64.2 Å². The number of piperazine rings is 1. The number of alkyl halides is 1. The van der Waals surface area contributed by atoms with Gasteiger partial charge >= 0.3 is 0 Å². The van der Waals surface area contributed by atoms with Crippen molar-refractivity contribution >= 4 is 44.9 Å². The van der Waals surface area contributed by atoms with E-state index >= 15 is 0 Å². The number of carbonyl (C=O) groups is 1. The molecular formula is C21H29ClN4OS. The summed E-state index contributed by atoms with van der Waals surface area (Å²) in [5, 5.41) is 0.815. The second-order valence-electron chi connectivity index (χ2n) is 8.03. The van der Waals surface area contributed by atoms with Crippen LogP contribution >= 0.6 is 22.9 Å². The molecule has 0 N–H and O–H groups in total. The Hall–Kier alpha value is -1.40. The quantitative estimate of drug-likeness (QED) is 0.689. The first kappa shape index (κ1) is 19.9. The standard InChI is InChI=1S/C21H29ClN4OS/c1-4-13(2)18-23-19(25-9-11-26(12-10-25)21(27)14(3)22)17-15-7-5-6-8-16(15)28-20(17)24-18/h13-14H,4-12H2,1-3H3/t13-,14-/m1/s1. The molecular weight excluding hydrogens is 392 g/mol. The third kappa shape index (κ3) is 3.61. The van der Waals surface area contributed by atoms with Gasteiger partial charge in [-0.1, -0.05) is 13.8 Å². The van der Waals surface area contributed by atoms with Gasteiger partial charge in [0, 0.05) is 37.0 Å². The normalized spacial score (nSPS) is 19.6. The zero-order valence-electron chi connectivity index (χ0n) is 17.0. The number of aromatic nitrogens is 2. The molecule has 1 aliphatic heterocycles. The molecule has 1 fully saturated rings. The average molecular weight is 421 g/mol. The Morgan fingerprint density at radius 3 is 2.54 bits per heavy atom. The van der Waals surface area contributed by atoms with Crippen LogP contribution in [0.25, 0.3) is 10.2 Å². The van der Waals surface area contributed by atoms with Gasteiger partial charge in [0.2, 0.25) is 5.91 Å². The van der Waals surface area contributed by atoms with Gasteiger partial charge in [0.05, 0.1) is 5.39 Å². The summed E-state index contributed by atoms with van der Waals surface area (Å²) in [5.41, 5.74) is 1.48. The smallest absolute Gasteiger partial charge is 0.240 e. The highest BCUT2D eigenvalue weighted by atomic mass is 35.5. The van der Waals surface area contributed by atoms with E-state index in [1.807, 2.05) is 16.2 Å². The zero-order valence-corrected chi connectivity index (χ0v) is 18.6. The largest absolute Gasteiger partial charge is 0.352 e. The van der Waals surface area contributed by atoms with Crippen molar-refractivity contribution in [3.05, 3.63) is 16.3 Å². The Labute approximate surface area is 176 Å². The Kier molecular flexibility index (Phi) is 5.79. The molecule has 1 amide bonds. The number of amides is 1. The van der Waals surface area contributed by atoms with Crippen LogP contribution in [0, 0.1) is 0 Å². The Morgan fingerprint density at radius 2 is 1.86 bits per heavy atom. The molecule has 1 aliphatic carbocycles. The molecule has 4 rings (SSSR count). The van der Waals surface area contributed by atoms with Crippen LogP contribution in [0.2, 0.25) is 0 Å². The minimum Gasteiger partial charge on any atom is -0.352 e. The van der Waals surface area contributed by atoms with Gasteiger partial charge in [0.1, 0.15) is 21.8 Å². The molecule has 2 aliphatic rings. The fourth-order valence-corrected chi connectivity index (χ4v) is 5.58. The van der Waals surface area contributed by atoms with Crippen LogP contribution in [0.1, 0.15) is 62.2 Å². The van der Waals surface area contributed by atoms with E-state index in [-0.39, 0.29) is 5.91 Å². The maximum absolute atomic E-state index is 12.2. The summed E-state index contributed by atoms with van der Waals surface area (Å²) >= 11 is 7.87. The van der Waals surface area contributed by atoms with Crippen LogP contribution in [0.3, 0.4) is 0 Å². The number of rotatable bonds is 4. The minimum absolute atomic E-state index is 0.0300. The summed E-state index contributed by atoms with van der Waals surface area (Å²) in [6.07, 6.45) is 5.87. The van der Waals surface area contributed by atoms with Crippen LogP contribution < -0.4 is 4.90 Å². The molecule has 152 valence electrons. The van der Waals surface area contributed by atoms with Crippen molar-refractivity contribution in [2.24, 2.45) is 0 Å². The maximum atomic E-state index is 12.2. The molecule has 3 heterocycles. The summed E-state index contributed by atoms with van der Waals surface area (Å²) in [5.74, 6) is 2.42. The Bertz CT molecular complexity index is 873. The molecule has 1 saturated heterocycles. The molecule has 2 aromatic heterocycles. The Morgan fingerprint density at radius 1 is 1.14 bits per heavy atom. The first-order chi connectivity index (χ1) is 13.5. The molecule has 0 bridgehead atoms. The van der Waals surface area contributed by atoms with E-state index in [9.17, 15) is 4.79 Å². The molecule has 2 atom stereocenters. The monoisotopic (exact) mass is 420 g/mol. The van der Waals surface area contributed by atoms with Crippen molar-refractivity contribution in [2.75, 3.05) is 31.1 Å². The first-order valence-corrected chi connectivity index (χ1v) is 11.7. The van der Waals surface area contributed by atoms with Crippen molar-refractivity contribution in [1.29, 1.82) is 0 Å². The summed E-state index contributed by atoms with van der Waals surface area (Å²) in [6.45, 7) is 9.14. The molecule has 0 aromatic carbocycles. The summed E-state index contributed by atoms with van der Waals surface area (Å²) in [6, 6.07) is 0. The summed E-state index contributed by atoms with van der Waals surface area (Å²) < 4.78 is 0. The van der Waals surface area contributed by atoms with E-state index in [4.69, 9.17) is 21.6 Å². The average Bonchev–Trinajstić information content (AvgIpc) is 3.10. The highest BCUT2D eigenvalue weighted by molar-refractivity contribution is 7.19. The number of anilines is 1. The molecule has 0 spiro atoms. The van der Waals surface area contributed by atoms with Gasteiger partial charge in [-0.25, -0.2) is 9.97 Å². The number of nitrogens with zero attached hydrogens (tertiary/aromatic N) is 4. The van der Waals surface area contributed by atoms with Crippen molar-refractivity contribution in [3.8, 4) is 0 Å². The van der Waals surface area contributed by atoms with Gasteiger partial charge in [0.25, 0.3) is 0 Å². The van der Waals surface area contributed by atoms with E-state index in [2.05, 4.69) is 18.7 Å². The van der Waals surface area contributed by atoms with Crippen LogP contribution in [0.15, 0.2) is 0 Å². The SMILES string of the molecule is CC[C@@H](C)c1nc(N2CCN(C(=O)[C@@H](C)Cl)CC2)c2c3c(sc2n1)CCCC3. The number of fused-ring (bicyclic) bond motifs is 3. The van der Waals surface area contributed by atoms with E-state index in [1.54, 1.807) is 6.92 Å². The molecule has 7 heteroatoms. The van der Waals surface area contributed by atoms with Crippen LogP contribution in [-0.4, -0.2) is 52.3 Å². The van der Waals surface area contributed by atoms with Crippen LogP contribution in [-0.2, 0) is 17.6 Å². The first-order valence-electron chi connectivity index (χ1n) is 10.5. The predicted molar refractivity (Wildman–Crippen MR) is 117 cm³/mol. The van der Waals surface area contributed by atoms with E-state index in [0.717, 1.165) is 42.4 Å². The van der Waals surface area contributed by atoms with E-state index in [0.29, 0.717) is 19.0 Å². The second kappa shape index (κ2) is 8.15. The van der Waals surface area contributed by atoms with Crippen molar-refractivity contribution in [1.82, 2.24) is 14.9 Å². The molecule has 2 aromatic rings. The van der Waals surface area contributed by atoms with Gasteiger partial charge in [-0.2, -0.15) is 0 Å². The summed E-state index contributed by atoms with van der Waals surface area (Å²) in [4.78, 5) is 29.2. The highest BCUT2D eigenvalue weighted by Crippen LogP contribution is 2.40. The van der Waals surface area contributed by atoms with Crippen LogP contribution in [0.4, 0.5) is 5.82 Å².